The highest BCUT2D eigenvalue weighted by Crippen LogP contribution is 2.44. The number of carbonyl (C=O) groups is 2. The fraction of sp³-hybridized carbons (Fsp3) is 0.394. The molecular formula is C33H40BN3O6. The number of hydrogen-bond acceptors (Lipinski definition) is 7. The van der Waals surface area contributed by atoms with E-state index in [2.05, 4.69) is 34.5 Å². The zero-order valence-electron chi connectivity index (χ0n) is 25.5. The number of benzene rings is 3. The zero-order chi connectivity index (χ0) is 30.9. The molecule has 43 heavy (non-hydrogen) atoms. The molecule has 0 atom stereocenters. The summed E-state index contributed by atoms with van der Waals surface area (Å²) in [6.45, 7) is 11.8. The highest BCUT2D eigenvalue weighted by atomic mass is 16.6. The molecule has 10 heteroatoms. The van der Waals surface area contributed by atoms with Crippen LogP contribution in [-0.2, 0) is 16.0 Å². The quantitative estimate of drug-likeness (QED) is 0.374. The summed E-state index contributed by atoms with van der Waals surface area (Å²) in [6, 6.07) is 18.1. The van der Waals surface area contributed by atoms with E-state index < -0.39 is 18.8 Å². The molecule has 0 radical (unpaired) electrons. The number of rotatable bonds is 6. The lowest BCUT2D eigenvalue weighted by atomic mass is 9.74. The number of alkyl carbamates (subject to hydrolysis) is 1. The molecule has 9 nitrogen and oxygen atoms in total. The van der Waals surface area contributed by atoms with Crippen LogP contribution in [0, 0.1) is 13.8 Å². The van der Waals surface area contributed by atoms with E-state index in [4.69, 9.17) is 9.47 Å². The van der Waals surface area contributed by atoms with Gasteiger partial charge in [-0.3, -0.25) is 0 Å². The van der Waals surface area contributed by atoms with Gasteiger partial charge in [0, 0.05) is 44.3 Å². The van der Waals surface area contributed by atoms with E-state index in [1.165, 1.54) is 0 Å². The fourth-order valence-electron chi connectivity index (χ4n) is 6.16. The van der Waals surface area contributed by atoms with Crippen molar-refractivity contribution >= 4 is 30.5 Å². The van der Waals surface area contributed by atoms with E-state index in [0.29, 0.717) is 31.6 Å². The van der Waals surface area contributed by atoms with Gasteiger partial charge in [-0.2, -0.15) is 0 Å². The Morgan fingerprint density at radius 1 is 0.930 bits per heavy atom. The van der Waals surface area contributed by atoms with Gasteiger partial charge in [-0.25, -0.2) is 9.59 Å². The minimum atomic E-state index is -1.67. The molecule has 0 unspecified atom stereocenters. The lowest BCUT2D eigenvalue weighted by Crippen LogP contribution is -2.51. The van der Waals surface area contributed by atoms with Crippen molar-refractivity contribution in [2.45, 2.75) is 52.7 Å². The first-order valence-corrected chi connectivity index (χ1v) is 14.8. The van der Waals surface area contributed by atoms with Crippen LogP contribution in [0.1, 0.15) is 54.5 Å². The Labute approximate surface area is 253 Å². The fourth-order valence-corrected chi connectivity index (χ4v) is 6.16. The maximum atomic E-state index is 12.9. The monoisotopic (exact) mass is 585 g/mol. The van der Waals surface area contributed by atoms with Crippen LogP contribution in [0.2, 0.25) is 0 Å². The molecule has 0 spiro atoms. The third-order valence-electron chi connectivity index (χ3n) is 8.25. The first kappa shape index (κ1) is 30.4. The number of ether oxygens (including phenoxy) is 2. The van der Waals surface area contributed by atoms with Gasteiger partial charge in [0.2, 0.25) is 0 Å². The summed E-state index contributed by atoms with van der Waals surface area (Å²) in [5.74, 6) is -0.0404. The van der Waals surface area contributed by atoms with Crippen molar-refractivity contribution in [3.05, 3.63) is 82.4 Å². The van der Waals surface area contributed by atoms with E-state index in [9.17, 15) is 19.6 Å². The van der Waals surface area contributed by atoms with Crippen LogP contribution in [0.15, 0.2) is 54.6 Å². The maximum absolute atomic E-state index is 12.9. The Morgan fingerprint density at radius 3 is 2.07 bits per heavy atom. The molecule has 1 aliphatic heterocycles. The van der Waals surface area contributed by atoms with Crippen LogP contribution in [0.25, 0.3) is 11.1 Å². The zero-order valence-corrected chi connectivity index (χ0v) is 25.5. The SMILES string of the molecule is Cc1c(CNC(=O)OCC2c3ccccc3-c3ccccc32)cc(B(O)O)c(C)c1N1CCN(C(=O)OC(C)(C)C)CC1. The highest BCUT2D eigenvalue weighted by Gasteiger charge is 2.31. The predicted octanol–water partition coefficient (Wildman–Crippen LogP) is 4.08. The van der Waals surface area contributed by atoms with E-state index >= 15 is 0 Å². The Morgan fingerprint density at radius 2 is 1.51 bits per heavy atom. The van der Waals surface area contributed by atoms with Crippen molar-refractivity contribution in [3.63, 3.8) is 0 Å². The molecule has 1 heterocycles. The molecule has 3 aromatic rings. The van der Waals surface area contributed by atoms with Crippen LogP contribution in [0.4, 0.5) is 15.3 Å². The smallest absolute Gasteiger partial charge is 0.449 e. The largest absolute Gasteiger partial charge is 0.488 e. The second-order valence-electron chi connectivity index (χ2n) is 12.2. The van der Waals surface area contributed by atoms with E-state index in [0.717, 1.165) is 44.6 Å². The molecule has 1 saturated heterocycles. The van der Waals surface area contributed by atoms with E-state index in [-0.39, 0.29) is 25.2 Å². The van der Waals surface area contributed by atoms with Crippen molar-refractivity contribution in [1.29, 1.82) is 0 Å². The van der Waals surface area contributed by atoms with Gasteiger partial charge in [0.1, 0.15) is 12.2 Å². The van der Waals surface area contributed by atoms with Crippen molar-refractivity contribution in [1.82, 2.24) is 10.2 Å². The molecule has 3 N–H and O–H groups in total. The van der Waals surface area contributed by atoms with Crippen LogP contribution >= 0.6 is 0 Å². The topological polar surface area (TPSA) is 112 Å². The molecule has 1 aliphatic carbocycles. The number of amides is 2. The molecule has 226 valence electrons. The summed E-state index contributed by atoms with van der Waals surface area (Å²) < 4.78 is 11.2. The summed E-state index contributed by atoms with van der Waals surface area (Å²) in [5.41, 5.74) is 7.73. The van der Waals surface area contributed by atoms with Crippen molar-refractivity contribution in [2.24, 2.45) is 0 Å². The number of piperazine rings is 1. The molecular weight excluding hydrogens is 545 g/mol. The minimum Gasteiger partial charge on any atom is -0.449 e. The van der Waals surface area contributed by atoms with Crippen LogP contribution in [-0.4, -0.2) is 72.6 Å². The third-order valence-corrected chi connectivity index (χ3v) is 8.25. The second-order valence-corrected chi connectivity index (χ2v) is 12.2. The van der Waals surface area contributed by atoms with Crippen molar-refractivity contribution in [2.75, 3.05) is 37.7 Å². The number of anilines is 1. The average molecular weight is 586 g/mol. The molecule has 5 rings (SSSR count). The minimum absolute atomic E-state index is 0.0404. The van der Waals surface area contributed by atoms with Crippen LogP contribution < -0.4 is 15.7 Å². The Bertz CT molecular complexity index is 1470. The normalized spacial score (nSPS) is 14.7. The molecule has 3 aromatic carbocycles. The average Bonchev–Trinajstić information content (AvgIpc) is 3.28. The van der Waals surface area contributed by atoms with Gasteiger partial charge >= 0.3 is 19.3 Å². The Balaban J connectivity index is 1.26. The summed E-state index contributed by atoms with van der Waals surface area (Å²) in [6.07, 6.45) is -0.881. The van der Waals surface area contributed by atoms with E-state index in [1.807, 2.05) is 58.9 Å². The summed E-state index contributed by atoms with van der Waals surface area (Å²) in [7, 11) is -1.67. The van der Waals surface area contributed by atoms with Gasteiger partial charge in [-0.05, 0) is 79.0 Å². The Hall–Kier alpha value is -4.02. The number of fused-ring (bicyclic) bond motifs is 3. The molecule has 0 aromatic heterocycles. The number of nitrogens with zero attached hydrogens (tertiary/aromatic N) is 2. The van der Waals surface area contributed by atoms with Gasteiger partial charge in [0.25, 0.3) is 0 Å². The van der Waals surface area contributed by atoms with Crippen molar-refractivity contribution in [3.8, 4) is 11.1 Å². The predicted molar refractivity (Wildman–Crippen MR) is 168 cm³/mol. The molecule has 1 fully saturated rings. The lowest BCUT2D eigenvalue weighted by molar-refractivity contribution is 0.0240. The molecule has 0 bridgehead atoms. The third kappa shape index (κ3) is 6.50. The molecule has 2 aliphatic rings. The highest BCUT2D eigenvalue weighted by molar-refractivity contribution is 6.59. The van der Waals surface area contributed by atoms with Crippen LogP contribution in [0.3, 0.4) is 0 Å². The number of hydrogen-bond donors (Lipinski definition) is 3. The van der Waals surface area contributed by atoms with Gasteiger partial charge in [0.15, 0.2) is 0 Å². The first-order chi connectivity index (χ1) is 20.4. The van der Waals surface area contributed by atoms with Gasteiger partial charge in [-0.15, -0.1) is 0 Å². The number of nitrogens with one attached hydrogen (secondary N) is 1. The van der Waals surface area contributed by atoms with Crippen LogP contribution in [0.5, 0.6) is 0 Å². The summed E-state index contributed by atoms with van der Waals surface area (Å²) >= 11 is 0. The van der Waals surface area contributed by atoms with Gasteiger partial charge in [-0.1, -0.05) is 54.6 Å². The van der Waals surface area contributed by atoms with Gasteiger partial charge < -0.3 is 34.6 Å². The standard InChI is InChI=1S/C33H40BN3O6/c1-21-23(19-35-31(38)42-20-28-26-12-8-6-10-24(26)25-11-7-9-13-27(25)28)18-29(34(40)41)22(2)30(21)36-14-16-37(17-15-36)32(39)43-33(3,4)5/h6-13,18,28,40-41H,14-17,19-20H2,1-5H3,(H,35,38). The van der Waals surface area contributed by atoms with Crippen molar-refractivity contribution < 1.29 is 29.1 Å². The first-order valence-electron chi connectivity index (χ1n) is 14.8. The molecule has 0 saturated carbocycles. The Kier molecular flexibility index (Phi) is 8.71. The summed E-state index contributed by atoms with van der Waals surface area (Å²) in [5, 5.41) is 23.2. The number of carbonyl (C=O) groups excluding carboxylic acids is 2. The van der Waals surface area contributed by atoms with E-state index in [1.54, 1.807) is 11.0 Å². The second kappa shape index (κ2) is 12.3. The van der Waals surface area contributed by atoms with Gasteiger partial charge in [0.05, 0.1) is 0 Å². The molecule has 2 amide bonds. The lowest BCUT2D eigenvalue weighted by Gasteiger charge is -2.38. The summed E-state index contributed by atoms with van der Waals surface area (Å²) in [4.78, 5) is 29.3. The maximum Gasteiger partial charge on any atom is 0.488 e.